The minimum absolute atomic E-state index is 0.123. The number of aliphatic hydroxyl groups excluding tert-OH is 2. The summed E-state index contributed by atoms with van der Waals surface area (Å²) >= 11 is 0. The van der Waals surface area contributed by atoms with Gasteiger partial charge in [0.25, 0.3) is 0 Å². The number of unbranched alkanes of at least 4 members (excludes halogenated alkanes) is 2. The molecule has 2 rings (SSSR count). The third kappa shape index (κ3) is 6.74. The lowest BCUT2D eigenvalue weighted by atomic mass is 9.68. The maximum atomic E-state index is 9.87. The van der Waals surface area contributed by atoms with Crippen molar-refractivity contribution >= 4 is 0 Å². The molecule has 0 aliphatic heterocycles. The Labute approximate surface area is 144 Å². The maximum Gasteiger partial charge on any atom is 0.0564 e. The van der Waals surface area contributed by atoms with Crippen molar-refractivity contribution in [3.8, 4) is 0 Å². The fraction of sp³-hybridized carbons (Fsp3) is 1.00. The van der Waals surface area contributed by atoms with E-state index in [1.165, 1.54) is 77.0 Å². The van der Waals surface area contributed by atoms with Gasteiger partial charge in [0.2, 0.25) is 0 Å². The van der Waals surface area contributed by atoms with Crippen LogP contribution in [0, 0.1) is 23.7 Å². The highest BCUT2D eigenvalue weighted by atomic mass is 16.3. The maximum absolute atomic E-state index is 9.87. The molecule has 23 heavy (non-hydrogen) atoms. The fourth-order valence-corrected chi connectivity index (χ4v) is 5.18. The molecule has 0 heterocycles. The fourth-order valence-electron chi connectivity index (χ4n) is 5.18. The molecule has 0 radical (unpaired) electrons. The zero-order valence-electron chi connectivity index (χ0n) is 15.4. The van der Waals surface area contributed by atoms with Crippen LogP contribution in [-0.2, 0) is 0 Å². The van der Waals surface area contributed by atoms with Gasteiger partial charge in [-0.15, -0.1) is 0 Å². The van der Waals surface area contributed by atoms with Gasteiger partial charge < -0.3 is 10.2 Å². The van der Waals surface area contributed by atoms with Crippen LogP contribution < -0.4 is 0 Å². The first-order valence-corrected chi connectivity index (χ1v) is 10.5. The lowest BCUT2D eigenvalue weighted by Crippen LogP contribution is -2.27. The molecule has 2 nitrogen and oxygen atoms in total. The lowest BCUT2D eigenvalue weighted by molar-refractivity contribution is 0.0832. The number of rotatable bonds is 9. The first-order valence-electron chi connectivity index (χ1n) is 10.5. The van der Waals surface area contributed by atoms with Gasteiger partial charge >= 0.3 is 0 Å². The largest absolute Gasteiger partial charge is 0.396 e. The van der Waals surface area contributed by atoms with Crippen LogP contribution in [0.1, 0.15) is 96.8 Å². The second kappa shape index (κ2) is 10.7. The van der Waals surface area contributed by atoms with Crippen molar-refractivity contribution in [2.75, 3.05) is 6.61 Å². The summed E-state index contributed by atoms with van der Waals surface area (Å²) in [6.45, 7) is 2.42. The van der Waals surface area contributed by atoms with Crippen molar-refractivity contribution in [2.45, 2.75) is 103 Å². The van der Waals surface area contributed by atoms with Gasteiger partial charge in [-0.1, -0.05) is 58.3 Å². The molecule has 2 aliphatic rings. The predicted octanol–water partition coefficient (Wildman–Crippen LogP) is 5.31. The molecule has 0 aromatic carbocycles. The molecule has 2 heteroatoms. The van der Waals surface area contributed by atoms with Crippen molar-refractivity contribution in [3.05, 3.63) is 0 Å². The normalized spacial score (nSPS) is 33.5. The SMILES string of the molecule is CCCCCC1CCC(C2CCC(CC(O)CCO)CC2)CC1. The summed E-state index contributed by atoms with van der Waals surface area (Å²) < 4.78 is 0. The summed E-state index contributed by atoms with van der Waals surface area (Å²) in [4.78, 5) is 0. The summed E-state index contributed by atoms with van der Waals surface area (Å²) in [5, 5.41) is 18.8. The van der Waals surface area contributed by atoms with E-state index in [1.807, 2.05) is 0 Å². The van der Waals surface area contributed by atoms with Crippen molar-refractivity contribution in [3.63, 3.8) is 0 Å². The Balaban J connectivity index is 1.61. The number of hydrogen-bond donors (Lipinski definition) is 2. The van der Waals surface area contributed by atoms with E-state index in [0.29, 0.717) is 12.3 Å². The number of aliphatic hydroxyl groups is 2. The van der Waals surface area contributed by atoms with Crippen molar-refractivity contribution in [1.29, 1.82) is 0 Å². The van der Waals surface area contributed by atoms with Crippen LogP contribution in [0.2, 0.25) is 0 Å². The molecule has 136 valence electrons. The van der Waals surface area contributed by atoms with E-state index >= 15 is 0 Å². The molecule has 2 aliphatic carbocycles. The Hall–Kier alpha value is -0.0800. The quantitative estimate of drug-likeness (QED) is 0.564. The average Bonchev–Trinajstić information content (AvgIpc) is 2.57. The molecule has 0 aromatic heterocycles. The molecule has 1 atom stereocenters. The molecule has 2 fully saturated rings. The zero-order valence-corrected chi connectivity index (χ0v) is 15.4. The Kier molecular flexibility index (Phi) is 8.97. The monoisotopic (exact) mass is 324 g/mol. The van der Waals surface area contributed by atoms with Crippen LogP contribution >= 0.6 is 0 Å². The van der Waals surface area contributed by atoms with Gasteiger partial charge in [0.15, 0.2) is 0 Å². The van der Waals surface area contributed by atoms with E-state index < -0.39 is 0 Å². The number of hydrogen-bond acceptors (Lipinski definition) is 2. The van der Waals surface area contributed by atoms with Gasteiger partial charge in [-0.2, -0.15) is 0 Å². The average molecular weight is 325 g/mol. The standard InChI is InChI=1S/C21H40O2/c1-2-3-4-5-17-6-10-19(11-7-17)20-12-8-18(9-13-20)16-21(23)14-15-22/h17-23H,2-16H2,1H3. The molecule has 1 unspecified atom stereocenters. The van der Waals surface area contributed by atoms with E-state index in [9.17, 15) is 5.11 Å². The zero-order chi connectivity index (χ0) is 16.5. The van der Waals surface area contributed by atoms with E-state index in [4.69, 9.17) is 5.11 Å². The molecular formula is C21H40O2. The molecular weight excluding hydrogens is 284 g/mol. The lowest BCUT2D eigenvalue weighted by Gasteiger charge is -2.38. The predicted molar refractivity (Wildman–Crippen MR) is 97.4 cm³/mol. The highest BCUT2D eigenvalue weighted by molar-refractivity contribution is 4.82. The second-order valence-electron chi connectivity index (χ2n) is 8.46. The van der Waals surface area contributed by atoms with E-state index in [0.717, 1.165) is 24.2 Å². The van der Waals surface area contributed by atoms with E-state index in [-0.39, 0.29) is 12.7 Å². The third-order valence-electron chi connectivity index (χ3n) is 6.73. The molecule has 2 saturated carbocycles. The van der Waals surface area contributed by atoms with Crippen LogP contribution in [-0.4, -0.2) is 22.9 Å². The Morgan fingerprint density at radius 1 is 0.826 bits per heavy atom. The van der Waals surface area contributed by atoms with Crippen molar-refractivity contribution in [2.24, 2.45) is 23.7 Å². The van der Waals surface area contributed by atoms with Crippen LogP contribution in [0.5, 0.6) is 0 Å². The Morgan fingerprint density at radius 3 is 1.91 bits per heavy atom. The van der Waals surface area contributed by atoms with Gasteiger partial charge in [-0.25, -0.2) is 0 Å². The van der Waals surface area contributed by atoms with Crippen molar-refractivity contribution < 1.29 is 10.2 Å². The molecule has 2 N–H and O–H groups in total. The Bertz CT molecular complexity index is 288. The van der Waals surface area contributed by atoms with Gasteiger partial charge in [0.05, 0.1) is 6.10 Å². The van der Waals surface area contributed by atoms with Crippen LogP contribution in [0.4, 0.5) is 0 Å². The van der Waals surface area contributed by atoms with Gasteiger partial charge in [0, 0.05) is 6.61 Å². The van der Waals surface area contributed by atoms with E-state index in [1.54, 1.807) is 0 Å². The molecule has 0 amide bonds. The second-order valence-corrected chi connectivity index (χ2v) is 8.46. The summed E-state index contributed by atoms with van der Waals surface area (Å²) in [7, 11) is 0. The highest BCUT2D eigenvalue weighted by Crippen LogP contribution is 2.43. The minimum atomic E-state index is -0.278. The van der Waals surface area contributed by atoms with Gasteiger partial charge in [-0.05, 0) is 62.2 Å². The first-order chi connectivity index (χ1) is 11.2. The summed E-state index contributed by atoms with van der Waals surface area (Å²) in [6, 6.07) is 0. The van der Waals surface area contributed by atoms with Gasteiger partial charge in [0.1, 0.15) is 0 Å². The smallest absolute Gasteiger partial charge is 0.0564 e. The van der Waals surface area contributed by atoms with Crippen LogP contribution in [0.15, 0.2) is 0 Å². The summed E-state index contributed by atoms with van der Waals surface area (Å²) in [6.07, 6.45) is 18.3. The molecule has 0 saturated heterocycles. The minimum Gasteiger partial charge on any atom is -0.396 e. The van der Waals surface area contributed by atoms with Crippen LogP contribution in [0.3, 0.4) is 0 Å². The molecule has 0 spiro atoms. The van der Waals surface area contributed by atoms with Crippen molar-refractivity contribution in [1.82, 2.24) is 0 Å². The summed E-state index contributed by atoms with van der Waals surface area (Å²) in [5.74, 6) is 3.71. The third-order valence-corrected chi connectivity index (χ3v) is 6.73. The van der Waals surface area contributed by atoms with Gasteiger partial charge in [-0.3, -0.25) is 0 Å². The van der Waals surface area contributed by atoms with E-state index in [2.05, 4.69) is 6.92 Å². The van der Waals surface area contributed by atoms with Crippen LogP contribution in [0.25, 0.3) is 0 Å². The highest BCUT2D eigenvalue weighted by Gasteiger charge is 2.31. The first kappa shape index (κ1) is 19.2. The molecule has 0 aromatic rings. The summed E-state index contributed by atoms with van der Waals surface area (Å²) in [5.41, 5.74) is 0. The Morgan fingerprint density at radius 2 is 1.39 bits per heavy atom. The topological polar surface area (TPSA) is 40.5 Å². The molecule has 0 bridgehead atoms.